The molecule has 1 atom stereocenters. The molecule has 0 unspecified atom stereocenters. The molecule has 0 radical (unpaired) electrons. The van der Waals surface area contributed by atoms with E-state index in [1.807, 2.05) is 19.9 Å². The fourth-order valence-electron chi connectivity index (χ4n) is 4.58. The molecule has 10 nitrogen and oxygen atoms in total. The van der Waals surface area contributed by atoms with E-state index >= 15 is 0 Å². The van der Waals surface area contributed by atoms with Gasteiger partial charge in [-0.2, -0.15) is 0 Å². The lowest BCUT2D eigenvalue weighted by Gasteiger charge is -2.24. The number of carbonyl (C=O) groups excluding carboxylic acids is 3. The van der Waals surface area contributed by atoms with E-state index < -0.39 is 18.0 Å². The van der Waals surface area contributed by atoms with Gasteiger partial charge in [-0.15, -0.1) is 0 Å². The molecule has 0 heterocycles. The van der Waals surface area contributed by atoms with Crippen LogP contribution in [-0.2, 0) is 25.7 Å². The normalized spacial score (nSPS) is 11.5. The number of nitrogens with one attached hydrogen (secondary N) is 1. The Hall–Kier alpha value is -4.47. The van der Waals surface area contributed by atoms with Gasteiger partial charge in [-0.1, -0.05) is 26.0 Å². The predicted molar refractivity (Wildman–Crippen MR) is 154 cm³/mol. The smallest absolute Gasteiger partial charge is 0.338 e. The number of benzene rings is 3. The van der Waals surface area contributed by atoms with Crippen molar-refractivity contribution in [3.8, 4) is 34.1 Å². The van der Waals surface area contributed by atoms with E-state index in [0.29, 0.717) is 50.5 Å². The molecular formula is C31H37NO9. The Balaban J connectivity index is 2.37. The van der Waals surface area contributed by atoms with Gasteiger partial charge in [0.15, 0.2) is 0 Å². The summed E-state index contributed by atoms with van der Waals surface area (Å²) in [6.07, 6.45) is 0. The van der Waals surface area contributed by atoms with Gasteiger partial charge in [0.25, 0.3) is 0 Å². The molecule has 10 heteroatoms. The van der Waals surface area contributed by atoms with E-state index in [1.54, 1.807) is 37.4 Å². The van der Waals surface area contributed by atoms with Crippen molar-refractivity contribution in [1.82, 2.24) is 5.32 Å². The number of esters is 2. The van der Waals surface area contributed by atoms with Crippen LogP contribution < -0.4 is 24.3 Å². The molecule has 1 amide bonds. The molecular weight excluding hydrogens is 530 g/mol. The number of hydrogen-bond donors (Lipinski definition) is 1. The number of carbonyl (C=O) groups is 3. The molecule has 0 bridgehead atoms. The Labute approximate surface area is 239 Å². The summed E-state index contributed by atoms with van der Waals surface area (Å²) in [4.78, 5) is 37.4. The molecule has 1 N–H and O–H groups in total. The van der Waals surface area contributed by atoms with E-state index in [0.717, 1.165) is 0 Å². The van der Waals surface area contributed by atoms with Crippen LogP contribution in [0.1, 0.15) is 43.6 Å². The van der Waals surface area contributed by atoms with Crippen molar-refractivity contribution in [3.63, 3.8) is 0 Å². The summed E-state index contributed by atoms with van der Waals surface area (Å²) in [5, 5.41) is 4.07. The maximum atomic E-state index is 13.8. The van der Waals surface area contributed by atoms with Gasteiger partial charge in [0.1, 0.15) is 36.2 Å². The molecule has 0 aliphatic heterocycles. The van der Waals surface area contributed by atoms with Gasteiger partial charge in [0, 0.05) is 36.6 Å². The zero-order valence-electron chi connectivity index (χ0n) is 24.7. The fraction of sp³-hybridized carbons (Fsp3) is 0.387. The zero-order valence-corrected chi connectivity index (χ0v) is 24.7. The zero-order chi connectivity index (χ0) is 30.3. The highest BCUT2D eigenvalue weighted by atomic mass is 16.5. The van der Waals surface area contributed by atoms with E-state index in [9.17, 15) is 14.4 Å². The van der Waals surface area contributed by atoms with Crippen LogP contribution in [0.3, 0.4) is 0 Å². The average Bonchev–Trinajstić information content (AvgIpc) is 2.95. The van der Waals surface area contributed by atoms with Crippen molar-refractivity contribution in [3.05, 3.63) is 47.5 Å². The van der Waals surface area contributed by atoms with Gasteiger partial charge in [-0.25, -0.2) is 4.79 Å². The topological polar surface area (TPSA) is 119 Å². The number of ether oxygens (including phenoxy) is 6. The van der Waals surface area contributed by atoms with Gasteiger partial charge in [0.05, 0.1) is 45.4 Å². The number of rotatable bonds is 12. The maximum absolute atomic E-state index is 13.8. The quantitative estimate of drug-likeness (QED) is 0.304. The summed E-state index contributed by atoms with van der Waals surface area (Å²) in [7, 11) is 6.06. The highest BCUT2D eigenvalue weighted by molar-refractivity contribution is 6.13. The molecule has 0 fully saturated rings. The summed E-state index contributed by atoms with van der Waals surface area (Å²) in [6.45, 7) is 6.42. The lowest BCUT2D eigenvalue weighted by Crippen LogP contribution is -2.41. The Morgan fingerprint density at radius 2 is 1.49 bits per heavy atom. The number of methoxy groups -OCH3 is 4. The standard InChI is InChI=1S/C31H37NO9/c1-17(2)24(32-18(3)33)16-41-31(35)23-14-27(39-8)30-22(10-9-11-25(30)37-6)29(23)28-20(15-40-19(4)34)12-21(36-5)13-26(28)38-7/h9-14,17,24H,15-16H2,1-8H3,(H,32,33)/t24-/m1/s1. The van der Waals surface area contributed by atoms with Gasteiger partial charge in [-0.3, -0.25) is 9.59 Å². The summed E-state index contributed by atoms with van der Waals surface area (Å²) < 4.78 is 33.8. The fourth-order valence-corrected chi connectivity index (χ4v) is 4.58. The van der Waals surface area contributed by atoms with Crippen molar-refractivity contribution < 1.29 is 42.8 Å². The molecule has 3 aromatic rings. The third-order valence-electron chi connectivity index (χ3n) is 6.63. The SMILES string of the molecule is COc1cc(COC(C)=O)c(-c2c(C(=O)OC[C@@H](NC(C)=O)C(C)C)cc(OC)c3c(OC)cccc23)c(OC)c1. The minimum atomic E-state index is -0.643. The Bertz CT molecular complexity index is 1430. The molecule has 0 spiro atoms. The highest BCUT2D eigenvalue weighted by Crippen LogP contribution is 2.47. The Kier molecular flexibility index (Phi) is 10.4. The molecule has 0 aliphatic rings. The summed E-state index contributed by atoms with van der Waals surface area (Å²) >= 11 is 0. The second kappa shape index (κ2) is 13.7. The van der Waals surface area contributed by atoms with E-state index in [4.69, 9.17) is 28.4 Å². The maximum Gasteiger partial charge on any atom is 0.338 e. The van der Waals surface area contributed by atoms with Crippen molar-refractivity contribution >= 4 is 28.6 Å². The molecule has 3 rings (SSSR count). The van der Waals surface area contributed by atoms with Crippen LogP contribution in [0.25, 0.3) is 21.9 Å². The van der Waals surface area contributed by atoms with Crippen LogP contribution in [0.2, 0.25) is 0 Å². The van der Waals surface area contributed by atoms with Crippen molar-refractivity contribution in [1.29, 1.82) is 0 Å². The predicted octanol–water partition coefficient (Wildman–Crippen LogP) is 4.92. The lowest BCUT2D eigenvalue weighted by molar-refractivity contribution is -0.142. The van der Waals surface area contributed by atoms with Crippen molar-refractivity contribution in [2.75, 3.05) is 35.0 Å². The van der Waals surface area contributed by atoms with Crippen LogP contribution in [0.15, 0.2) is 36.4 Å². The van der Waals surface area contributed by atoms with Gasteiger partial charge in [-0.05, 0) is 29.5 Å². The second-order valence-corrected chi connectivity index (χ2v) is 9.68. The van der Waals surface area contributed by atoms with Gasteiger partial charge in [0.2, 0.25) is 5.91 Å². The number of fused-ring (bicyclic) bond motifs is 1. The molecule has 3 aromatic carbocycles. The van der Waals surface area contributed by atoms with Crippen LogP contribution in [0.4, 0.5) is 0 Å². The molecule has 0 aliphatic carbocycles. The summed E-state index contributed by atoms with van der Waals surface area (Å²) in [6, 6.07) is 10.0. The first-order valence-electron chi connectivity index (χ1n) is 13.1. The molecule has 0 saturated carbocycles. The van der Waals surface area contributed by atoms with Gasteiger partial charge >= 0.3 is 11.9 Å². The minimum absolute atomic E-state index is 0.0126. The lowest BCUT2D eigenvalue weighted by atomic mass is 9.88. The largest absolute Gasteiger partial charge is 0.497 e. The Morgan fingerprint density at radius 3 is 2.05 bits per heavy atom. The van der Waals surface area contributed by atoms with Crippen LogP contribution in [-0.4, -0.2) is 58.9 Å². The summed E-state index contributed by atoms with van der Waals surface area (Å²) in [5.74, 6) is 0.447. The number of amides is 1. The molecule has 0 aromatic heterocycles. The first-order chi connectivity index (χ1) is 19.6. The third-order valence-corrected chi connectivity index (χ3v) is 6.63. The average molecular weight is 568 g/mol. The van der Waals surface area contributed by atoms with E-state index in [2.05, 4.69) is 5.32 Å². The Morgan fingerprint density at radius 1 is 0.805 bits per heavy atom. The molecule has 0 saturated heterocycles. The van der Waals surface area contributed by atoms with Crippen molar-refractivity contribution in [2.24, 2.45) is 5.92 Å². The first-order valence-corrected chi connectivity index (χ1v) is 13.1. The van der Waals surface area contributed by atoms with Crippen LogP contribution >= 0.6 is 0 Å². The van der Waals surface area contributed by atoms with Crippen LogP contribution in [0, 0.1) is 5.92 Å². The second-order valence-electron chi connectivity index (χ2n) is 9.68. The highest BCUT2D eigenvalue weighted by Gasteiger charge is 2.28. The van der Waals surface area contributed by atoms with E-state index in [-0.39, 0.29) is 30.6 Å². The minimum Gasteiger partial charge on any atom is -0.497 e. The third kappa shape index (κ3) is 7.00. The number of hydrogen-bond acceptors (Lipinski definition) is 9. The molecule has 220 valence electrons. The van der Waals surface area contributed by atoms with E-state index in [1.165, 1.54) is 35.2 Å². The monoisotopic (exact) mass is 567 g/mol. The molecule has 41 heavy (non-hydrogen) atoms. The summed E-state index contributed by atoms with van der Waals surface area (Å²) in [5.41, 5.74) is 1.69. The van der Waals surface area contributed by atoms with Crippen LogP contribution in [0.5, 0.6) is 23.0 Å². The van der Waals surface area contributed by atoms with Crippen molar-refractivity contribution in [2.45, 2.75) is 40.3 Å². The first kappa shape index (κ1) is 31.1. The van der Waals surface area contributed by atoms with Gasteiger partial charge < -0.3 is 33.7 Å².